The lowest BCUT2D eigenvalue weighted by atomic mass is 10.1. The molecule has 21 heavy (non-hydrogen) atoms. The van der Waals surface area contributed by atoms with Gasteiger partial charge in [-0.1, -0.05) is 6.07 Å². The third kappa shape index (κ3) is 2.73. The Morgan fingerprint density at radius 3 is 2.81 bits per heavy atom. The van der Waals surface area contributed by atoms with Gasteiger partial charge in [0.2, 0.25) is 10.0 Å². The highest BCUT2D eigenvalue weighted by Crippen LogP contribution is 2.33. The highest BCUT2D eigenvalue weighted by molar-refractivity contribution is 7.88. The summed E-state index contributed by atoms with van der Waals surface area (Å²) in [6.45, 7) is 1.33. The first-order chi connectivity index (χ1) is 9.97. The molecule has 0 unspecified atom stereocenters. The van der Waals surface area contributed by atoms with Crippen LogP contribution in [0.15, 0.2) is 18.2 Å². The first-order valence-corrected chi connectivity index (χ1v) is 8.70. The van der Waals surface area contributed by atoms with E-state index in [1.54, 1.807) is 18.2 Å². The zero-order valence-corrected chi connectivity index (χ0v) is 12.5. The molecule has 0 spiro atoms. The third-order valence-corrected chi connectivity index (χ3v) is 5.05. The molecule has 1 aromatic heterocycles. The van der Waals surface area contributed by atoms with Crippen LogP contribution < -0.4 is 4.90 Å². The summed E-state index contributed by atoms with van der Waals surface area (Å²) in [7, 11) is -3.25. The molecule has 0 N–H and O–H groups in total. The Labute approximate surface area is 123 Å². The molecule has 2 fully saturated rings. The van der Waals surface area contributed by atoms with Crippen molar-refractivity contribution in [3.8, 4) is 0 Å². The van der Waals surface area contributed by atoms with Gasteiger partial charge in [-0.05, 0) is 25.0 Å². The van der Waals surface area contributed by atoms with Gasteiger partial charge in [0.15, 0.2) is 0 Å². The molecule has 8 heteroatoms. The predicted molar refractivity (Wildman–Crippen MR) is 76.5 cm³/mol. The normalized spacial score (nSPS) is 23.6. The summed E-state index contributed by atoms with van der Waals surface area (Å²) in [4.78, 5) is 17.5. The van der Waals surface area contributed by atoms with E-state index < -0.39 is 16.1 Å². The van der Waals surface area contributed by atoms with E-state index in [0.29, 0.717) is 31.2 Å². The number of sulfonamides is 1. The molecule has 0 aromatic carbocycles. The number of aromatic nitrogens is 1. The summed E-state index contributed by atoms with van der Waals surface area (Å²) >= 11 is 0. The van der Waals surface area contributed by atoms with E-state index in [1.165, 1.54) is 15.5 Å². The fourth-order valence-corrected chi connectivity index (χ4v) is 3.95. The molecule has 1 amide bonds. The Balaban J connectivity index is 1.91. The molecule has 2 aliphatic rings. The lowest BCUT2D eigenvalue weighted by Crippen LogP contribution is -2.30. The second-order valence-electron chi connectivity index (χ2n) is 5.22. The van der Waals surface area contributed by atoms with Gasteiger partial charge in [-0.15, -0.1) is 0 Å². The largest absolute Gasteiger partial charge is 0.447 e. The summed E-state index contributed by atoms with van der Waals surface area (Å²) in [5, 5.41) is 0. The number of cyclic esters (lactones) is 1. The minimum Gasteiger partial charge on any atom is -0.447 e. The number of hydrogen-bond donors (Lipinski definition) is 0. The first kappa shape index (κ1) is 14.3. The zero-order chi connectivity index (χ0) is 15.0. The molecule has 3 rings (SSSR count). The molecule has 0 radical (unpaired) electrons. The summed E-state index contributed by atoms with van der Waals surface area (Å²) in [5.74, 6) is 0.510. The van der Waals surface area contributed by atoms with Crippen molar-refractivity contribution in [3.05, 3.63) is 23.9 Å². The monoisotopic (exact) mass is 311 g/mol. The minimum absolute atomic E-state index is 0.251. The van der Waals surface area contributed by atoms with Gasteiger partial charge >= 0.3 is 6.09 Å². The van der Waals surface area contributed by atoms with E-state index in [1.807, 2.05) is 0 Å². The molecule has 2 aliphatic heterocycles. The minimum atomic E-state index is -3.25. The van der Waals surface area contributed by atoms with Crippen LogP contribution >= 0.6 is 0 Å². The fraction of sp³-hybridized carbons (Fsp3) is 0.538. The van der Waals surface area contributed by atoms with Crippen LogP contribution in [0.1, 0.15) is 24.6 Å². The lowest BCUT2D eigenvalue weighted by Gasteiger charge is -2.22. The Kier molecular flexibility index (Phi) is 3.58. The first-order valence-electron chi connectivity index (χ1n) is 6.85. The molecular weight excluding hydrogens is 294 g/mol. The van der Waals surface area contributed by atoms with E-state index in [9.17, 15) is 13.2 Å². The van der Waals surface area contributed by atoms with Crippen molar-refractivity contribution in [2.24, 2.45) is 0 Å². The van der Waals surface area contributed by atoms with Gasteiger partial charge in [-0.3, -0.25) is 4.90 Å². The number of ether oxygens (including phenoxy) is 1. The van der Waals surface area contributed by atoms with Crippen LogP contribution in [0.25, 0.3) is 0 Å². The summed E-state index contributed by atoms with van der Waals surface area (Å²) in [6, 6.07) is 5.08. The molecular formula is C13H17N3O4S. The van der Waals surface area contributed by atoms with Crippen molar-refractivity contribution in [2.45, 2.75) is 18.9 Å². The average Bonchev–Trinajstić information content (AvgIpc) is 3.06. The van der Waals surface area contributed by atoms with Gasteiger partial charge in [0.05, 0.1) is 24.5 Å². The number of nitrogens with zero attached hydrogens (tertiary/aromatic N) is 3. The van der Waals surface area contributed by atoms with Gasteiger partial charge in [0.25, 0.3) is 0 Å². The number of pyridine rings is 1. The van der Waals surface area contributed by atoms with Gasteiger partial charge in [0.1, 0.15) is 12.4 Å². The number of amides is 1. The van der Waals surface area contributed by atoms with Crippen LogP contribution in [-0.2, 0) is 14.8 Å². The van der Waals surface area contributed by atoms with Crippen LogP contribution in [0.3, 0.4) is 0 Å². The van der Waals surface area contributed by atoms with Crippen molar-refractivity contribution >= 4 is 21.9 Å². The molecule has 7 nitrogen and oxygen atoms in total. The Morgan fingerprint density at radius 1 is 1.33 bits per heavy atom. The van der Waals surface area contributed by atoms with E-state index >= 15 is 0 Å². The van der Waals surface area contributed by atoms with Gasteiger partial charge < -0.3 is 4.74 Å². The maximum atomic E-state index is 11.8. The third-order valence-electron chi connectivity index (χ3n) is 3.76. The van der Waals surface area contributed by atoms with Crippen molar-refractivity contribution < 1.29 is 17.9 Å². The van der Waals surface area contributed by atoms with Gasteiger partial charge in [-0.2, -0.15) is 4.31 Å². The molecule has 114 valence electrons. The highest BCUT2D eigenvalue weighted by atomic mass is 32.2. The number of carbonyl (C=O) groups excluding carboxylic acids is 1. The van der Waals surface area contributed by atoms with E-state index in [2.05, 4.69) is 4.98 Å². The lowest BCUT2D eigenvalue weighted by molar-refractivity contribution is 0.181. The maximum absolute atomic E-state index is 11.8. The van der Waals surface area contributed by atoms with Gasteiger partial charge in [0, 0.05) is 6.54 Å². The second-order valence-corrected chi connectivity index (χ2v) is 7.15. The van der Waals surface area contributed by atoms with Crippen molar-refractivity contribution in [1.29, 1.82) is 0 Å². The summed E-state index contributed by atoms with van der Waals surface area (Å²) < 4.78 is 30.0. The molecule has 0 saturated carbocycles. The second kappa shape index (κ2) is 5.27. The average molecular weight is 311 g/mol. The molecule has 1 aromatic rings. The smallest absolute Gasteiger partial charge is 0.415 e. The van der Waals surface area contributed by atoms with Crippen LogP contribution in [0, 0.1) is 0 Å². The Bertz CT molecular complexity index is 661. The van der Waals surface area contributed by atoms with Crippen molar-refractivity contribution in [1.82, 2.24) is 9.29 Å². The van der Waals surface area contributed by atoms with E-state index in [-0.39, 0.29) is 6.04 Å². The summed E-state index contributed by atoms with van der Waals surface area (Å²) in [5.41, 5.74) is 0.676. The Hall–Kier alpha value is -1.67. The highest BCUT2D eigenvalue weighted by Gasteiger charge is 2.34. The molecule has 0 aliphatic carbocycles. The Morgan fingerprint density at radius 2 is 2.14 bits per heavy atom. The standard InChI is InChI=1S/C13H17N3O4S/c1-21(18,19)16-7-3-5-11(16)10-4-2-6-12(14-10)15-8-9-20-13(15)17/h2,4,6,11H,3,5,7-9H2,1H3/t11-/m1/s1. The maximum Gasteiger partial charge on any atom is 0.415 e. The number of carbonyl (C=O) groups is 1. The van der Waals surface area contributed by atoms with Crippen molar-refractivity contribution in [2.75, 3.05) is 30.9 Å². The predicted octanol–water partition coefficient (Wildman–Crippen LogP) is 1.13. The number of hydrogen-bond acceptors (Lipinski definition) is 5. The SMILES string of the molecule is CS(=O)(=O)N1CCC[C@@H]1c1cccc(N2CCOC2=O)n1. The molecule has 3 heterocycles. The topological polar surface area (TPSA) is 79.8 Å². The van der Waals surface area contributed by atoms with E-state index in [0.717, 1.165) is 12.8 Å². The molecule has 2 saturated heterocycles. The molecule has 0 bridgehead atoms. The van der Waals surface area contributed by atoms with Crippen LogP contribution in [-0.4, -0.2) is 49.8 Å². The van der Waals surface area contributed by atoms with Crippen molar-refractivity contribution in [3.63, 3.8) is 0 Å². The van der Waals surface area contributed by atoms with Gasteiger partial charge in [-0.25, -0.2) is 18.2 Å². The molecule has 1 atom stereocenters. The zero-order valence-electron chi connectivity index (χ0n) is 11.7. The number of anilines is 1. The quantitative estimate of drug-likeness (QED) is 0.836. The van der Waals surface area contributed by atoms with Crippen LogP contribution in [0.2, 0.25) is 0 Å². The van der Waals surface area contributed by atoms with Crippen LogP contribution in [0.5, 0.6) is 0 Å². The fourth-order valence-electron chi connectivity index (χ4n) is 2.81. The van der Waals surface area contributed by atoms with Crippen LogP contribution in [0.4, 0.5) is 10.6 Å². The van der Waals surface area contributed by atoms with E-state index in [4.69, 9.17) is 4.74 Å². The summed E-state index contributed by atoms with van der Waals surface area (Å²) in [6.07, 6.45) is 2.36. The number of rotatable bonds is 3.